The van der Waals surface area contributed by atoms with E-state index in [1.54, 1.807) is 0 Å². The first-order chi connectivity index (χ1) is 11.4. The maximum Gasteiger partial charge on any atom is 0.330 e. The average molecular weight is 345 g/mol. The summed E-state index contributed by atoms with van der Waals surface area (Å²) in [6.07, 6.45) is 1.50. The maximum absolute atomic E-state index is 11.6. The Morgan fingerprint density at radius 3 is 2.79 bits per heavy atom. The molecule has 0 aliphatic carbocycles. The van der Waals surface area contributed by atoms with Gasteiger partial charge in [0, 0.05) is 25.2 Å². The predicted molar refractivity (Wildman–Crippen MR) is 100 cm³/mol. The van der Waals surface area contributed by atoms with E-state index in [0.717, 1.165) is 33.4 Å². The molecule has 1 aromatic carbocycles. The number of aromatic nitrogens is 1. The molecule has 1 heterocycles. The van der Waals surface area contributed by atoms with Gasteiger partial charge < -0.3 is 15.0 Å². The number of carbonyl (C=O) groups excluding carboxylic acids is 1. The number of hydrogen-bond donors (Lipinski definition) is 1. The van der Waals surface area contributed by atoms with E-state index in [-0.39, 0.29) is 5.97 Å². The Bertz CT molecular complexity index is 750. The molecule has 0 aliphatic heterocycles. The standard InChI is InChI=1S/C18H23N3O2S/c1-12(9-15(22)23-5)17-16(20-18(19-2)24-17)14-8-6-7-13(10-14)11-21(3)4/h6-10H,11H2,1-5H3,(H,19,20)/b12-9+. The van der Waals surface area contributed by atoms with Crippen molar-refractivity contribution in [2.24, 2.45) is 0 Å². The van der Waals surface area contributed by atoms with E-state index in [9.17, 15) is 4.79 Å². The van der Waals surface area contributed by atoms with Crippen molar-refractivity contribution in [3.8, 4) is 11.3 Å². The van der Waals surface area contributed by atoms with E-state index in [1.807, 2.05) is 40.2 Å². The highest BCUT2D eigenvalue weighted by Crippen LogP contribution is 2.36. The number of benzene rings is 1. The van der Waals surface area contributed by atoms with Crippen molar-refractivity contribution in [2.45, 2.75) is 13.5 Å². The summed E-state index contributed by atoms with van der Waals surface area (Å²) in [5, 5.41) is 3.90. The average Bonchev–Trinajstić information content (AvgIpc) is 2.99. The van der Waals surface area contributed by atoms with Crippen LogP contribution in [-0.2, 0) is 16.1 Å². The van der Waals surface area contributed by atoms with Crippen LogP contribution < -0.4 is 5.32 Å². The van der Waals surface area contributed by atoms with Crippen LogP contribution in [0.25, 0.3) is 16.8 Å². The Hall–Kier alpha value is -2.18. The second kappa shape index (κ2) is 8.08. The Labute approximate surface area is 147 Å². The fourth-order valence-electron chi connectivity index (χ4n) is 2.37. The monoisotopic (exact) mass is 345 g/mol. The molecule has 128 valence electrons. The normalized spacial score (nSPS) is 11.7. The molecule has 0 aliphatic rings. The van der Waals surface area contributed by atoms with Crippen LogP contribution in [-0.4, -0.2) is 44.1 Å². The number of hydrogen-bond acceptors (Lipinski definition) is 6. The van der Waals surface area contributed by atoms with Gasteiger partial charge in [0.25, 0.3) is 0 Å². The molecule has 0 atom stereocenters. The van der Waals surface area contributed by atoms with Crippen molar-refractivity contribution in [2.75, 3.05) is 33.6 Å². The molecule has 0 saturated heterocycles. The van der Waals surface area contributed by atoms with Gasteiger partial charge >= 0.3 is 5.97 Å². The first-order valence-corrected chi connectivity index (χ1v) is 8.45. The van der Waals surface area contributed by atoms with E-state index in [2.05, 4.69) is 27.3 Å². The van der Waals surface area contributed by atoms with Crippen molar-refractivity contribution in [1.82, 2.24) is 9.88 Å². The van der Waals surface area contributed by atoms with Gasteiger partial charge in [-0.25, -0.2) is 9.78 Å². The molecule has 2 aromatic rings. The van der Waals surface area contributed by atoms with Gasteiger partial charge in [-0.3, -0.25) is 0 Å². The third kappa shape index (κ3) is 4.43. The molecule has 24 heavy (non-hydrogen) atoms. The van der Waals surface area contributed by atoms with Gasteiger partial charge in [-0.2, -0.15) is 0 Å². The lowest BCUT2D eigenvalue weighted by molar-refractivity contribution is -0.134. The largest absolute Gasteiger partial charge is 0.466 e. The Morgan fingerprint density at radius 1 is 1.42 bits per heavy atom. The molecular weight excluding hydrogens is 322 g/mol. The molecule has 2 rings (SSSR count). The fraction of sp³-hybridized carbons (Fsp3) is 0.333. The second-order valence-corrected chi connectivity index (χ2v) is 6.73. The lowest BCUT2D eigenvalue weighted by atomic mass is 10.0. The van der Waals surface area contributed by atoms with Crippen LogP contribution in [0.5, 0.6) is 0 Å². The molecule has 5 nitrogen and oxygen atoms in total. The zero-order valence-electron chi connectivity index (χ0n) is 14.7. The second-order valence-electron chi connectivity index (χ2n) is 5.74. The fourth-order valence-corrected chi connectivity index (χ4v) is 3.29. The van der Waals surface area contributed by atoms with Gasteiger partial charge in [-0.05, 0) is 38.2 Å². The van der Waals surface area contributed by atoms with Crippen LogP contribution in [0, 0.1) is 0 Å². The smallest absolute Gasteiger partial charge is 0.330 e. The molecule has 6 heteroatoms. The minimum absolute atomic E-state index is 0.362. The molecule has 0 radical (unpaired) electrons. The summed E-state index contributed by atoms with van der Waals surface area (Å²) < 4.78 is 4.73. The third-order valence-electron chi connectivity index (χ3n) is 3.43. The van der Waals surface area contributed by atoms with Gasteiger partial charge in [-0.1, -0.05) is 29.5 Å². The molecule has 0 saturated carbocycles. The Kier molecular flexibility index (Phi) is 6.11. The highest BCUT2D eigenvalue weighted by molar-refractivity contribution is 7.17. The number of carbonyl (C=O) groups is 1. The van der Waals surface area contributed by atoms with Crippen LogP contribution in [0.4, 0.5) is 5.13 Å². The zero-order valence-corrected chi connectivity index (χ0v) is 15.5. The number of ether oxygens (including phenoxy) is 1. The van der Waals surface area contributed by atoms with Crippen LogP contribution in [0.3, 0.4) is 0 Å². The molecular formula is C18H23N3O2S. The molecule has 0 fully saturated rings. The Morgan fingerprint density at radius 2 is 2.17 bits per heavy atom. The molecule has 0 spiro atoms. The van der Waals surface area contributed by atoms with E-state index in [0.29, 0.717) is 0 Å². The van der Waals surface area contributed by atoms with Crippen molar-refractivity contribution in [1.29, 1.82) is 0 Å². The number of nitrogens with zero attached hydrogens (tertiary/aromatic N) is 2. The Balaban J connectivity index is 2.48. The molecule has 1 N–H and O–H groups in total. The first kappa shape index (κ1) is 18.2. The van der Waals surface area contributed by atoms with Crippen LogP contribution in [0.1, 0.15) is 17.4 Å². The number of methoxy groups -OCH3 is 1. The van der Waals surface area contributed by atoms with Gasteiger partial charge in [-0.15, -0.1) is 0 Å². The number of allylic oxidation sites excluding steroid dienone is 1. The maximum atomic E-state index is 11.6. The van der Waals surface area contributed by atoms with Crippen LogP contribution in [0.15, 0.2) is 30.3 Å². The highest BCUT2D eigenvalue weighted by Gasteiger charge is 2.15. The molecule has 1 aromatic heterocycles. The van der Waals surface area contributed by atoms with Crippen molar-refractivity contribution in [3.63, 3.8) is 0 Å². The van der Waals surface area contributed by atoms with Crippen molar-refractivity contribution >= 4 is 28.0 Å². The summed E-state index contributed by atoms with van der Waals surface area (Å²) >= 11 is 1.53. The number of thiazole rings is 1. The molecule has 0 amide bonds. The van der Waals surface area contributed by atoms with E-state index < -0.39 is 0 Å². The topological polar surface area (TPSA) is 54.5 Å². The number of anilines is 1. The summed E-state index contributed by atoms with van der Waals surface area (Å²) in [6, 6.07) is 8.33. The predicted octanol–water partition coefficient (Wildman–Crippen LogP) is 3.49. The summed E-state index contributed by atoms with van der Waals surface area (Å²) in [6.45, 7) is 2.76. The van der Waals surface area contributed by atoms with Gasteiger partial charge in [0.1, 0.15) is 0 Å². The lowest BCUT2D eigenvalue weighted by Crippen LogP contribution is -2.10. The number of esters is 1. The number of rotatable bonds is 6. The summed E-state index contributed by atoms with van der Waals surface area (Å²) in [5.74, 6) is -0.362. The molecule has 0 bridgehead atoms. The SMILES string of the molecule is CNc1nc(-c2cccc(CN(C)C)c2)c(/C(C)=C/C(=O)OC)s1. The van der Waals surface area contributed by atoms with Crippen molar-refractivity contribution in [3.05, 3.63) is 40.8 Å². The van der Waals surface area contributed by atoms with Gasteiger partial charge in [0.2, 0.25) is 0 Å². The summed E-state index contributed by atoms with van der Waals surface area (Å²) in [7, 11) is 7.31. The zero-order chi connectivity index (χ0) is 17.7. The minimum atomic E-state index is -0.362. The third-order valence-corrected chi connectivity index (χ3v) is 4.64. The van der Waals surface area contributed by atoms with Crippen molar-refractivity contribution < 1.29 is 9.53 Å². The quantitative estimate of drug-likeness (QED) is 0.641. The van der Waals surface area contributed by atoms with Crippen LogP contribution in [0.2, 0.25) is 0 Å². The van der Waals surface area contributed by atoms with E-state index in [1.165, 1.54) is 30.1 Å². The highest BCUT2D eigenvalue weighted by atomic mass is 32.1. The minimum Gasteiger partial charge on any atom is -0.466 e. The lowest BCUT2D eigenvalue weighted by Gasteiger charge is -2.11. The number of nitrogens with one attached hydrogen (secondary N) is 1. The van der Waals surface area contributed by atoms with E-state index >= 15 is 0 Å². The van der Waals surface area contributed by atoms with Gasteiger partial charge in [0.15, 0.2) is 5.13 Å². The molecule has 0 unspecified atom stereocenters. The van der Waals surface area contributed by atoms with Crippen LogP contribution >= 0.6 is 11.3 Å². The summed E-state index contributed by atoms with van der Waals surface area (Å²) in [4.78, 5) is 19.3. The first-order valence-electron chi connectivity index (χ1n) is 7.63. The summed E-state index contributed by atoms with van der Waals surface area (Å²) in [5.41, 5.74) is 3.98. The van der Waals surface area contributed by atoms with Gasteiger partial charge in [0.05, 0.1) is 17.7 Å². The van der Waals surface area contributed by atoms with E-state index in [4.69, 9.17) is 4.74 Å².